The van der Waals surface area contributed by atoms with Gasteiger partial charge in [-0.15, -0.1) is 43.5 Å². The third-order valence-electron chi connectivity index (χ3n) is 8.68. The van der Waals surface area contributed by atoms with Crippen molar-refractivity contribution in [3.63, 3.8) is 0 Å². The molecule has 4 aromatic carbocycles. The minimum absolute atomic E-state index is 0. The molecular weight excluding hydrogens is 1040 g/mol. The van der Waals surface area contributed by atoms with Crippen LogP contribution in [0, 0.1) is 20.5 Å². The minimum atomic E-state index is -4.94. The van der Waals surface area contributed by atoms with Crippen LogP contribution >= 0.6 is 0 Å². The van der Waals surface area contributed by atoms with Crippen molar-refractivity contribution in [3.05, 3.63) is 119 Å². The fourth-order valence-corrected chi connectivity index (χ4v) is 5.93. The van der Waals surface area contributed by atoms with Gasteiger partial charge < -0.3 is 30.6 Å². The monoisotopic (exact) mass is 1080 g/mol. The summed E-state index contributed by atoms with van der Waals surface area (Å²) < 4.78 is 67.9. The van der Waals surface area contributed by atoms with Crippen LogP contribution in [0.4, 0.5) is 0 Å². The summed E-state index contributed by atoms with van der Waals surface area (Å²) in [5, 5.41) is 61.1. The van der Waals surface area contributed by atoms with E-state index < -0.39 is 20.5 Å². The Morgan fingerprint density at radius 3 is 0.692 bits per heavy atom. The van der Waals surface area contributed by atoms with E-state index in [2.05, 4.69) is 20.0 Å². The van der Waals surface area contributed by atoms with Crippen molar-refractivity contribution in [2.24, 2.45) is 20.0 Å². The van der Waals surface area contributed by atoms with Gasteiger partial charge in [-0.25, -0.2) is 37.3 Å². The SMILES string of the molecule is CO.CO.[Cu+2].[Cu+2].[Fe+2].[O-][Cl+3]([O-])([O-])[O-].[O-][Cl+3]([O-])([O-])[O-].[O-]c1ccccc1C=N[C@@H]1CCCC[C@H]1N=Cc1ccccc1[O-].[O-]c1ccccc1C=N[C@@H]1CCCC[C@H]1N=Cc1ccccc1[O-]. The van der Waals surface area contributed by atoms with Crippen LogP contribution in [0.15, 0.2) is 117 Å². The zero-order chi connectivity index (χ0) is 46.6. The van der Waals surface area contributed by atoms with Gasteiger partial charge in [-0.1, -0.05) is 123 Å². The fraction of sp³-hybridized carbons (Fsp3) is 0.333. The molecule has 0 unspecified atom stereocenters. The molecular formula is C42H48Cl2Cu2FeN4O14. The Morgan fingerprint density at radius 1 is 0.385 bits per heavy atom. The van der Waals surface area contributed by atoms with Crippen molar-refractivity contribution in [1.82, 2.24) is 0 Å². The van der Waals surface area contributed by atoms with E-state index >= 15 is 0 Å². The van der Waals surface area contributed by atoms with Crippen LogP contribution in [-0.4, -0.2) is 73.5 Å². The van der Waals surface area contributed by atoms with Gasteiger partial charge in [-0.2, -0.15) is 0 Å². The molecule has 65 heavy (non-hydrogen) atoms. The van der Waals surface area contributed by atoms with E-state index in [1.807, 2.05) is 24.3 Å². The maximum Gasteiger partial charge on any atom is 2.00 e. The first-order valence-corrected chi connectivity index (χ1v) is 21.2. The molecule has 2 radical (unpaired) electrons. The van der Waals surface area contributed by atoms with Crippen molar-refractivity contribution < 1.29 is 140 Å². The van der Waals surface area contributed by atoms with Gasteiger partial charge in [0, 0.05) is 39.1 Å². The van der Waals surface area contributed by atoms with E-state index in [0.29, 0.717) is 22.3 Å². The number of benzene rings is 4. The Balaban J connectivity index is -0.000000889. The molecule has 2 saturated carbocycles. The van der Waals surface area contributed by atoms with E-state index in [-0.39, 0.29) is 98.4 Å². The number of para-hydroxylation sites is 4. The Bertz CT molecular complexity index is 1700. The summed E-state index contributed by atoms with van der Waals surface area (Å²) in [7, 11) is -7.89. The third kappa shape index (κ3) is 30.4. The summed E-state index contributed by atoms with van der Waals surface area (Å²) in [6.07, 6.45) is 15.0. The van der Waals surface area contributed by atoms with Crippen LogP contribution in [0.2, 0.25) is 0 Å². The minimum Gasteiger partial charge on any atom is -0.872 e. The number of hydrogen-bond acceptors (Lipinski definition) is 18. The van der Waals surface area contributed by atoms with Crippen molar-refractivity contribution in [3.8, 4) is 23.0 Å². The predicted molar refractivity (Wildman–Crippen MR) is 202 cm³/mol. The van der Waals surface area contributed by atoms with Crippen molar-refractivity contribution in [2.45, 2.75) is 75.5 Å². The van der Waals surface area contributed by atoms with Crippen molar-refractivity contribution in [2.75, 3.05) is 14.2 Å². The Labute approximate surface area is 414 Å². The Hall–Kier alpha value is -3.50. The van der Waals surface area contributed by atoms with E-state index in [4.69, 9.17) is 47.5 Å². The average Bonchev–Trinajstić information content (AvgIpc) is 3.24. The zero-order valence-electron chi connectivity index (χ0n) is 34.8. The van der Waals surface area contributed by atoms with Gasteiger partial charge >= 0.3 is 51.2 Å². The summed E-state index contributed by atoms with van der Waals surface area (Å²) >= 11 is 0. The number of aliphatic hydroxyl groups is 2. The predicted octanol–water partition coefficient (Wildman–Crippen LogP) is -4.94. The second-order valence-corrected chi connectivity index (χ2v) is 14.4. The maximum atomic E-state index is 11.8. The van der Waals surface area contributed by atoms with E-state index in [1.54, 1.807) is 97.7 Å². The topological polar surface area (TPSA) is 367 Å². The van der Waals surface area contributed by atoms with Gasteiger partial charge in [-0.3, -0.25) is 20.0 Å². The van der Waals surface area contributed by atoms with E-state index in [1.165, 1.54) is 0 Å². The molecule has 2 N–H and O–H groups in total. The number of hydrogen-bond donors (Lipinski definition) is 2. The largest absolute Gasteiger partial charge is 2.00 e. The number of nitrogens with zero attached hydrogens (tertiary/aromatic N) is 4. The van der Waals surface area contributed by atoms with Crippen molar-refractivity contribution in [1.29, 1.82) is 0 Å². The van der Waals surface area contributed by atoms with Crippen LogP contribution in [0.5, 0.6) is 23.0 Å². The van der Waals surface area contributed by atoms with Crippen LogP contribution in [0.1, 0.15) is 73.6 Å². The first-order valence-electron chi connectivity index (χ1n) is 18.8. The molecule has 0 saturated heterocycles. The van der Waals surface area contributed by atoms with Gasteiger partial charge in [0.15, 0.2) is 0 Å². The zero-order valence-corrected chi connectivity index (χ0v) is 39.3. The fourth-order valence-electron chi connectivity index (χ4n) is 5.93. The Morgan fingerprint density at radius 2 is 0.538 bits per heavy atom. The van der Waals surface area contributed by atoms with E-state index in [9.17, 15) is 20.4 Å². The van der Waals surface area contributed by atoms with Gasteiger partial charge in [-0.05, 0) is 47.9 Å². The molecule has 364 valence electrons. The number of halogens is 2. The normalized spacial score (nSPS) is 17.9. The smallest absolute Gasteiger partial charge is 0.872 e. The van der Waals surface area contributed by atoms with Crippen molar-refractivity contribution >= 4 is 24.9 Å². The average molecular weight is 1090 g/mol. The molecule has 6 rings (SSSR count). The summed E-state index contributed by atoms with van der Waals surface area (Å²) in [6, 6.07) is 27.8. The molecule has 0 bridgehead atoms. The molecule has 0 heterocycles. The van der Waals surface area contributed by atoms with E-state index in [0.717, 1.165) is 65.6 Å². The van der Waals surface area contributed by atoms with Gasteiger partial charge in [0.2, 0.25) is 0 Å². The summed E-state index contributed by atoms with van der Waals surface area (Å²) in [5.74, 6) is -0.0652. The summed E-state index contributed by atoms with van der Waals surface area (Å²) in [6.45, 7) is 0. The first-order chi connectivity index (χ1) is 29.5. The molecule has 0 amide bonds. The molecule has 4 atom stereocenters. The van der Waals surface area contributed by atoms with Gasteiger partial charge in [0.25, 0.3) is 0 Å². The quantitative estimate of drug-likeness (QED) is 0.123. The standard InChI is InChI=1S/2C20H22N2O2.2CH4O.2ClHO4.2Cu.Fe/c2*23-19-11-5-1-7-15(19)13-21-17-9-3-4-10-18(17)22-14-16-8-2-6-12-20(16)24;2*1-2;2*2-1(3,4)5;;;/h2*1-2,5-8,11-14,17-18,23-24H,3-4,9-10H2;2*2H,1H3;2*(H,2,3,4,5);;;/q;;;;;;3*+2/p-6/t2*17-,18-;;;;;;;/m11......./s1. The van der Waals surface area contributed by atoms with Crippen LogP contribution < -0.4 is 57.7 Å². The third-order valence-corrected chi connectivity index (χ3v) is 8.68. The first kappa shape index (κ1) is 65.8. The van der Waals surface area contributed by atoms with Crippen LogP contribution in [0.3, 0.4) is 0 Å². The number of rotatable bonds is 8. The number of aliphatic hydroxyl groups excluding tert-OH is 2. The number of aliphatic imine (C=N–C) groups is 4. The molecule has 0 aromatic heterocycles. The molecule has 2 fully saturated rings. The van der Waals surface area contributed by atoms with Gasteiger partial charge in [0.05, 0.1) is 24.2 Å². The maximum absolute atomic E-state index is 11.8. The summed E-state index contributed by atoms with van der Waals surface area (Å²) in [4.78, 5) is 18.5. The second kappa shape index (κ2) is 36.6. The Kier molecular flexibility index (Phi) is 37.0. The molecule has 4 aromatic rings. The molecule has 0 spiro atoms. The van der Waals surface area contributed by atoms with Gasteiger partial charge in [0.1, 0.15) is 0 Å². The van der Waals surface area contributed by atoms with Crippen LogP contribution in [0.25, 0.3) is 0 Å². The molecule has 18 nitrogen and oxygen atoms in total. The van der Waals surface area contributed by atoms with Crippen LogP contribution in [-0.2, 0) is 51.2 Å². The molecule has 2 aliphatic rings. The molecule has 23 heteroatoms. The second-order valence-electron chi connectivity index (χ2n) is 12.9. The summed E-state index contributed by atoms with van der Waals surface area (Å²) in [5.41, 5.74) is 2.43. The molecule has 0 aliphatic heterocycles. The molecule has 2 aliphatic carbocycles.